The number of carbonyl (C=O) groups is 1. The van der Waals surface area contributed by atoms with Crippen molar-refractivity contribution in [1.82, 2.24) is 4.90 Å². The fraction of sp³-hybridized carbons (Fsp3) is 0.381. The smallest absolute Gasteiger partial charge is 0.256 e. The van der Waals surface area contributed by atoms with Gasteiger partial charge in [0.2, 0.25) is 0 Å². The lowest BCUT2D eigenvalue weighted by Gasteiger charge is -2.32. The molecule has 3 rings (SSSR count). The highest BCUT2D eigenvalue weighted by Crippen LogP contribution is 2.25. The van der Waals surface area contributed by atoms with E-state index >= 15 is 0 Å². The van der Waals surface area contributed by atoms with Crippen LogP contribution in [0, 0.1) is 19.7 Å². The van der Waals surface area contributed by atoms with E-state index in [0.717, 1.165) is 29.7 Å². The van der Waals surface area contributed by atoms with Crippen molar-refractivity contribution in [2.75, 3.05) is 20.2 Å². The summed E-state index contributed by atoms with van der Waals surface area (Å²) >= 11 is 0. The highest BCUT2D eigenvalue weighted by atomic mass is 19.1. The van der Waals surface area contributed by atoms with Crippen LogP contribution in [0.25, 0.3) is 0 Å². The van der Waals surface area contributed by atoms with Gasteiger partial charge in [0.15, 0.2) is 0 Å². The number of hydrogen-bond donors (Lipinski definition) is 0. The van der Waals surface area contributed by atoms with Gasteiger partial charge in [0.05, 0.1) is 12.7 Å². The second kappa shape index (κ2) is 7.77. The first-order valence-corrected chi connectivity index (χ1v) is 8.84. The van der Waals surface area contributed by atoms with Gasteiger partial charge in [-0.15, -0.1) is 0 Å². The van der Waals surface area contributed by atoms with Gasteiger partial charge in [-0.05, 0) is 43.2 Å². The lowest BCUT2D eigenvalue weighted by atomic mass is 10.1. The minimum atomic E-state index is -0.553. The molecule has 0 atom stereocenters. The summed E-state index contributed by atoms with van der Waals surface area (Å²) in [7, 11) is 1.47. The molecule has 1 amide bonds. The number of likely N-dealkylation sites (tertiary alicyclic amines) is 1. The van der Waals surface area contributed by atoms with Crippen molar-refractivity contribution in [2.24, 2.45) is 0 Å². The van der Waals surface area contributed by atoms with Crippen LogP contribution in [0.5, 0.6) is 11.5 Å². The standard InChI is InChI=1S/C21H24FNO3/c1-14-4-5-15(2)20(12-14)26-16-8-10-23(11-9-16)21(24)18-7-6-17(25-3)13-19(18)22/h4-7,12-13,16H,8-11H2,1-3H3. The lowest BCUT2D eigenvalue weighted by molar-refractivity contribution is 0.0590. The van der Waals surface area contributed by atoms with Crippen LogP contribution in [0.2, 0.25) is 0 Å². The Labute approximate surface area is 153 Å². The first-order chi connectivity index (χ1) is 12.5. The van der Waals surface area contributed by atoms with E-state index in [-0.39, 0.29) is 17.6 Å². The first-order valence-electron chi connectivity index (χ1n) is 8.84. The van der Waals surface area contributed by atoms with E-state index in [1.165, 1.54) is 19.2 Å². The fourth-order valence-corrected chi connectivity index (χ4v) is 3.16. The van der Waals surface area contributed by atoms with Crippen molar-refractivity contribution in [3.05, 3.63) is 58.9 Å². The molecule has 0 radical (unpaired) electrons. The Balaban J connectivity index is 1.61. The molecule has 1 heterocycles. The predicted molar refractivity (Wildman–Crippen MR) is 98.4 cm³/mol. The van der Waals surface area contributed by atoms with E-state index in [4.69, 9.17) is 9.47 Å². The quantitative estimate of drug-likeness (QED) is 0.826. The average Bonchev–Trinajstić information content (AvgIpc) is 2.64. The number of benzene rings is 2. The molecule has 0 aliphatic carbocycles. The van der Waals surface area contributed by atoms with Crippen LogP contribution < -0.4 is 9.47 Å². The summed E-state index contributed by atoms with van der Waals surface area (Å²) in [5.41, 5.74) is 2.35. The molecule has 0 aromatic heterocycles. The second-order valence-electron chi connectivity index (χ2n) is 6.72. The molecule has 0 unspecified atom stereocenters. The fourth-order valence-electron chi connectivity index (χ4n) is 3.16. The van der Waals surface area contributed by atoms with Crippen LogP contribution >= 0.6 is 0 Å². The highest BCUT2D eigenvalue weighted by Gasteiger charge is 2.26. The molecule has 0 N–H and O–H groups in total. The summed E-state index contributed by atoms with van der Waals surface area (Å²) < 4.78 is 25.2. The molecule has 4 nitrogen and oxygen atoms in total. The number of nitrogens with zero attached hydrogens (tertiary/aromatic N) is 1. The van der Waals surface area contributed by atoms with Crippen LogP contribution in [-0.4, -0.2) is 37.1 Å². The largest absolute Gasteiger partial charge is 0.497 e. The summed E-state index contributed by atoms with van der Waals surface area (Å²) in [6, 6.07) is 10.5. The van der Waals surface area contributed by atoms with Crippen molar-refractivity contribution in [1.29, 1.82) is 0 Å². The Morgan fingerprint density at radius 2 is 1.85 bits per heavy atom. The summed E-state index contributed by atoms with van der Waals surface area (Å²) in [4.78, 5) is 14.3. The number of rotatable bonds is 4. The maximum atomic E-state index is 14.1. The van der Waals surface area contributed by atoms with Gasteiger partial charge < -0.3 is 14.4 Å². The molecule has 1 aliphatic heterocycles. The van der Waals surface area contributed by atoms with Gasteiger partial charge >= 0.3 is 0 Å². The molecule has 0 spiro atoms. The number of carbonyl (C=O) groups excluding carboxylic acids is 1. The van der Waals surface area contributed by atoms with Crippen molar-refractivity contribution < 1.29 is 18.7 Å². The third kappa shape index (κ3) is 3.98. The van der Waals surface area contributed by atoms with Crippen LogP contribution in [-0.2, 0) is 0 Å². The Bertz CT molecular complexity index is 798. The third-order valence-corrected chi connectivity index (χ3v) is 4.77. The zero-order valence-corrected chi connectivity index (χ0v) is 15.4. The van der Waals surface area contributed by atoms with E-state index in [2.05, 4.69) is 12.1 Å². The van der Waals surface area contributed by atoms with E-state index in [0.29, 0.717) is 18.8 Å². The number of amides is 1. The van der Waals surface area contributed by atoms with Crippen LogP contribution in [0.3, 0.4) is 0 Å². The Morgan fingerprint density at radius 1 is 1.12 bits per heavy atom. The zero-order chi connectivity index (χ0) is 18.7. The molecule has 1 saturated heterocycles. The molecular formula is C21H24FNO3. The maximum Gasteiger partial charge on any atom is 0.256 e. The monoisotopic (exact) mass is 357 g/mol. The zero-order valence-electron chi connectivity index (χ0n) is 15.4. The molecule has 5 heteroatoms. The Morgan fingerprint density at radius 3 is 2.50 bits per heavy atom. The molecule has 0 saturated carbocycles. The minimum Gasteiger partial charge on any atom is -0.497 e. The normalized spacial score (nSPS) is 15.0. The van der Waals surface area contributed by atoms with Gasteiger partial charge in [-0.2, -0.15) is 0 Å². The SMILES string of the molecule is COc1ccc(C(=O)N2CCC(Oc3cc(C)ccc3C)CC2)c(F)c1. The summed E-state index contributed by atoms with van der Waals surface area (Å²) in [6.45, 7) is 5.18. The van der Waals surface area contributed by atoms with E-state index in [1.807, 2.05) is 19.9 Å². The lowest BCUT2D eigenvalue weighted by Crippen LogP contribution is -2.42. The summed E-state index contributed by atoms with van der Waals surface area (Å²) in [5.74, 6) is 0.467. The van der Waals surface area contributed by atoms with Gasteiger partial charge in [0.1, 0.15) is 23.4 Å². The highest BCUT2D eigenvalue weighted by molar-refractivity contribution is 5.94. The molecule has 1 fully saturated rings. The van der Waals surface area contributed by atoms with Crippen molar-refractivity contribution in [2.45, 2.75) is 32.8 Å². The van der Waals surface area contributed by atoms with Gasteiger partial charge in [-0.3, -0.25) is 4.79 Å². The molecule has 1 aliphatic rings. The van der Waals surface area contributed by atoms with Gasteiger partial charge in [-0.1, -0.05) is 12.1 Å². The number of methoxy groups -OCH3 is 1. The van der Waals surface area contributed by atoms with Crippen LogP contribution in [0.15, 0.2) is 36.4 Å². The van der Waals surface area contributed by atoms with Crippen LogP contribution in [0.1, 0.15) is 34.3 Å². The summed E-state index contributed by atoms with van der Waals surface area (Å²) in [6.07, 6.45) is 1.54. The molecule has 2 aromatic rings. The average molecular weight is 357 g/mol. The van der Waals surface area contributed by atoms with Gasteiger partial charge in [-0.25, -0.2) is 4.39 Å². The number of piperidine rings is 1. The number of halogens is 1. The molecular weight excluding hydrogens is 333 g/mol. The first kappa shape index (κ1) is 18.2. The Kier molecular flexibility index (Phi) is 5.45. The molecule has 2 aromatic carbocycles. The van der Waals surface area contributed by atoms with Crippen molar-refractivity contribution >= 4 is 5.91 Å². The van der Waals surface area contributed by atoms with Crippen molar-refractivity contribution in [3.63, 3.8) is 0 Å². The Hall–Kier alpha value is -2.56. The third-order valence-electron chi connectivity index (χ3n) is 4.77. The topological polar surface area (TPSA) is 38.8 Å². The van der Waals surface area contributed by atoms with E-state index in [1.54, 1.807) is 11.0 Å². The number of hydrogen-bond acceptors (Lipinski definition) is 3. The minimum absolute atomic E-state index is 0.0697. The van der Waals surface area contributed by atoms with Gasteiger partial charge in [0, 0.05) is 32.0 Å². The van der Waals surface area contributed by atoms with E-state index < -0.39 is 5.82 Å². The van der Waals surface area contributed by atoms with Crippen LogP contribution in [0.4, 0.5) is 4.39 Å². The van der Waals surface area contributed by atoms with E-state index in [9.17, 15) is 9.18 Å². The predicted octanol–water partition coefficient (Wildman–Crippen LogP) is 4.13. The second-order valence-corrected chi connectivity index (χ2v) is 6.72. The van der Waals surface area contributed by atoms with Crippen molar-refractivity contribution in [3.8, 4) is 11.5 Å². The molecule has 26 heavy (non-hydrogen) atoms. The molecule has 0 bridgehead atoms. The van der Waals surface area contributed by atoms with Gasteiger partial charge in [0.25, 0.3) is 5.91 Å². The summed E-state index contributed by atoms with van der Waals surface area (Å²) in [5, 5.41) is 0. The number of aryl methyl sites for hydroxylation is 2. The number of ether oxygens (including phenoxy) is 2. The molecule has 138 valence electrons. The maximum absolute atomic E-state index is 14.1.